The molecule has 0 spiro atoms. The minimum Gasteiger partial charge on any atom is -0.365 e. The Balaban J connectivity index is 2.02. The van der Waals surface area contributed by atoms with Crippen molar-refractivity contribution in [3.63, 3.8) is 0 Å². The van der Waals surface area contributed by atoms with Crippen molar-refractivity contribution in [3.05, 3.63) is 22.4 Å². The molecule has 2 heterocycles. The molecule has 0 saturated carbocycles. The van der Waals surface area contributed by atoms with Gasteiger partial charge in [0, 0.05) is 11.4 Å². The minimum absolute atomic E-state index is 0.0354. The van der Waals surface area contributed by atoms with Gasteiger partial charge in [0.15, 0.2) is 11.2 Å². The average Bonchev–Trinajstić information content (AvgIpc) is 3.14. The number of amidine groups is 1. The molecule has 1 aliphatic heterocycles. The lowest BCUT2D eigenvalue weighted by Gasteiger charge is -2.17. The Kier molecular flexibility index (Phi) is 5.65. The second kappa shape index (κ2) is 7.48. The first-order valence-electron chi connectivity index (χ1n) is 6.91. The van der Waals surface area contributed by atoms with Crippen LogP contribution in [0.5, 0.6) is 0 Å². The molecule has 7 heteroatoms. The van der Waals surface area contributed by atoms with Crippen molar-refractivity contribution in [2.75, 3.05) is 6.54 Å². The highest BCUT2D eigenvalue weighted by molar-refractivity contribution is 8.15. The van der Waals surface area contributed by atoms with Gasteiger partial charge in [-0.2, -0.15) is 5.26 Å². The summed E-state index contributed by atoms with van der Waals surface area (Å²) in [7, 11) is 0. The Morgan fingerprint density at radius 1 is 1.57 bits per heavy atom. The summed E-state index contributed by atoms with van der Waals surface area (Å²) in [5.41, 5.74) is 0. The molecule has 1 aromatic heterocycles. The van der Waals surface area contributed by atoms with Crippen LogP contribution in [-0.2, 0) is 4.79 Å². The van der Waals surface area contributed by atoms with Crippen LogP contribution in [0, 0.1) is 11.3 Å². The van der Waals surface area contributed by atoms with E-state index >= 15 is 0 Å². The van der Waals surface area contributed by atoms with E-state index in [1.807, 2.05) is 31.4 Å². The van der Waals surface area contributed by atoms with Gasteiger partial charge in [-0.25, -0.2) is 0 Å². The molecule has 1 aromatic rings. The number of thioether (sulfide) groups is 1. The van der Waals surface area contributed by atoms with Gasteiger partial charge in [-0.05, 0) is 24.8 Å². The predicted octanol–water partition coefficient (Wildman–Crippen LogP) is 2.29. The number of nitrogens with zero attached hydrogens (tertiary/aromatic N) is 2. The second-order valence-corrected chi connectivity index (χ2v) is 6.67. The molecule has 112 valence electrons. The van der Waals surface area contributed by atoms with E-state index in [1.165, 1.54) is 23.1 Å². The molecule has 5 nitrogen and oxygen atoms in total. The van der Waals surface area contributed by atoms with Crippen molar-refractivity contribution in [2.45, 2.75) is 37.6 Å². The lowest BCUT2D eigenvalue weighted by atomic mass is 10.1. The zero-order valence-corrected chi connectivity index (χ0v) is 13.6. The highest BCUT2D eigenvalue weighted by atomic mass is 32.2. The maximum absolute atomic E-state index is 12.4. The third kappa shape index (κ3) is 3.77. The maximum atomic E-state index is 12.4. The van der Waals surface area contributed by atoms with Crippen LogP contribution >= 0.6 is 23.1 Å². The Bertz CT molecular complexity index is 550. The molecular weight excluding hydrogens is 304 g/mol. The van der Waals surface area contributed by atoms with E-state index in [2.05, 4.69) is 21.7 Å². The van der Waals surface area contributed by atoms with Crippen LogP contribution in [0.25, 0.3) is 0 Å². The number of amides is 1. The number of aliphatic imine (C=N–C) groups is 1. The van der Waals surface area contributed by atoms with Crippen molar-refractivity contribution in [2.24, 2.45) is 4.99 Å². The first-order chi connectivity index (χ1) is 10.2. The largest absolute Gasteiger partial charge is 0.365 e. The molecule has 0 saturated heterocycles. The SMILES string of the molecule is CCNC1=NC(CC)C(C(=O)NC(C#N)c2cccs2)S1. The fraction of sp³-hybridized carbons (Fsp3) is 0.500. The fourth-order valence-corrected chi connectivity index (χ4v) is 4.04. The maximum Gasteiger partial charge on any atom is 0.237 e. The highest BCUT2D eigenvalue weighted by Crippen LogP contribution is 2.29. The average molecular weight is 322 g/mol. The third-order valence-corrected chi connectivity index (χ3v) is 5.31. The Morgan fingerprint density at radius 3 is 2.95 bits per heavy atom. The number of hydrogen-bond donors (Lipinski definition) is 2. The molecule has 0 fully saturated rings. The molecule has 3 unspecified atom stereocenters. The molecule has 0 aliphatic carbocycles. The van der Waals surface area contributed by atoms with Crippen LogP contribution in [-0.4, -0.2) is 28.9 Å². The number of nitriles is 1. The van der Waals surface area contributed by atoms with Crippen LogP contribution in [0.15, 0.2) is 22.5 Å². The quantitative estimate of drug-likeness (QED) is 0.872. The summed E-state index contributed by atoms with van der Waals surface area (Å²) in [6.45, 7) is 4.80. The molecule has 1 amide bonds. The van der Waals surface area contributed by atoms with Gasteiger partial charge in [-0.3, -0.25) is 9.79 Å². The summed E-state index contributed by atoms with van der Waals surface area (Å²) in [6, 6.07) is 5.26. The van der Waals surface area contributed by atoms with Gasteiger partial charge in [0.25, 0.3) is 0 Å². The van der Waals surface area contributed by atoms with Crippen LogP contribution < -0.4 is 10.6 Å². The number of carbonyl (C=O) groups excluding carboxylic acids is 1. The fourth-order valence-electron chi connectivity index (χ4n) is 2.07. The van der Waals surface area contributed by atoms with Gasteiger partial charge in [0.1, 0.15) is 5.25 Å². The molecule has 1 aliphatic rings. The summed E-state index contributed by atoms with van der Waals surface area (Å²) in [5.74, 6) is -0.122. The Morgan fingerprint density at radius 2 is 2.38 bits per heavy atom. The second-order valence-electron chi connectivity index (χ2n) is 4.56. The molecule has 2 N–H and O–H groups in total. The van der Waals surface area contributed by atoms with Gasteiger partial charge in [-0.1, -0.05) is 24.8 Å². The van der Waals surface area contributed by atoms with E-state index in [4.69, 9.17) is 0 Å². The normalized spacial score (nSPS) is 22.2. The van der Waals surface area contributed by atoms with Gasteiger partial charge in [0.05, 0.1) is 12.1 Å². The number of nitrogens with one attached hydrogen (secondary N) is 2. The molecule has 2 rings (SSSR count). The van der Waals surface area contributed by atoms with E-state index < -0.39 is 6.04 Å². The lowest BCUT2D eigenvalue weighted by molar-refractivity contribution is -0.121. The monoisotopic (exact) mass is 322 g/mol. The van der Waals surface area contributed by atoms with E-state index in [0.717, 1.165) is 23.0 Å². The first kappa shape index (κ1) is 15.9. The van der Waals surface area contributed by atoms with E-state index in [1.54, 1.807) is 0 Å². The predicted molar refractivity (Wildman–Crippen MR) is 87.4 cm³/mol. The summed E-state index contributed by atoms with van der Waals surface area (Å²) in [5, 5.41) is 17.7. The molecule has 3 atom stereocenters. The number of rotatable bonds is 5. The van der Waals surface area contributed by atoms with Crippen molar-refractivity contribution in [1.29, 1.82) is 5.26 Å². The number of thiophene rings is 1. The summed E-state index contributed by atoms with van der Waals surface area (Å²) in [4.78, 5) is 17.8. The topological polar surface area (TPSA) is 77.3 Å². The van der Waals surface area contributed by atoms with Gasteiger partial charge < -0.3 is 10.6 Å². The molecule has 0 bridgehead atoms. The van der Waals surface area contributed by atoms with Crippen LogP contribution in [0.2, 0.25) is 0 Å². The van der Waals surface area contributed by atoms with Crippen LogP contribution in [0.1, 0.15) is 31.2 Å². The summed E-state index contributed by atoms with van der Waals surface area (Å²) < 4.78 is 0. The van der Waals surface area contributed by atoms with E-state index in [9.17, 15) is 10.1 Å². The smallest absolute Gasteiger partial charge is 0.237 e. The summed E-state index contributed by atoms with van der Waals surface area (Å²) in [6.07, 6.45) is 0.802. The lowest BCUT2D eigenvalue weighted by Crippen LogP contribution is -2.39. The Hall–Kier alpha value is -1.52. The summed E-state index contributed by atoms with van der Waals surface area (Å²) >= 11 is 2.92. The van der Waals surface area contributed by atoms with Crippen LogP contribution in [0.4, 0.5) is 0 Å². The number of carbonyl (C=O) groups is 1. The Labute approximate surface area is 132 Å². The first-order valence-corrected chi connectivity index (χ1v) is 8.67. The van der Waals surface area contributed by atoms with Crippen molar-refractivity contribution < 1.29 is 4.79 Å². The van der Waals surface area contributed by atoms with Gasteiger partial charge in [0.2, 0.25) is 5.91 Å². The van der Waals surface area contributed by atoms with E-state index in [-0.39, 0.29) is 17.2 Å². The standard InChI is InChI=1S/C14H18N4OS2/c1-3-9-12(21-14(18-9)16-4-2)13(19)17-10(8-15)11-6-5-7-20-11/h5-7,9-10,12H,3-4H2,1-2H3,(H,16,18)(H,17,19). The molecule has 0 radical (unpaired) electrons. The zero-order chi connectivity index (χ0) is 15.2. The van der Waals surface area contributed by atoms with Crippen LogP contribution in [0.3, 0.4) is 0 Å². The van der Waals surface area contributed by atoms with Gasteiger partial charge in [-0.15, -0.1) is 11.3 Å². The van der Waals surface area contributed by atoms with Crippen molar-refractivity contribution >= 4 is 34.2 Å². The van der Waals surface area contributed by atoms with Gasteiger partial charge >= 0.3 is 0 Å². The zero-order valence-electron chi connectivity index (χ0n) is 12.0. The minimum atomic E-state index is -0.584. The third-order valence-electron chi connectivity index (χ3n) is 3.12. The number of hydrogen-bond acceptors (Lipinski definition) is 6. The van der Waals surface area contributed by atoms with Crippen molar-refractivity contribution in [3.8, 4) is 6.07 Å². The molecule has 0 aromatic carbocycles. The molecular formula is C14H18N4OS2. The molecule has 21 heavy (non-hydrogen) atoms. The van der Waals surface area contributed by atoms with E-state index in [0.29, 0.717) is 0 Å². The van der Waals surface area contributed by atoms with Crippen molar-refractivity contribution in [1.82, 2.24) is 10.6 Å². The highest BCUT2D eigenvalue weighted by Gasteiger charge is 2.35.